The number of imidazole rings is 1. The van der Waals surface area contributed by atoms with Gasteiger partial charge in [0, 0.05) is 25.4 Å². The number of hydrogen-bond donors (Lipinski definition) is 1. The molecule has 1 N–H and O–H groups in total. The van der Waals surface area contributed by atoms with Crippen molar-refractivity contribution in [3.05, 3.63) is 66.6 Å². The Kier molecular flexibility index (Phi) is 3.91. The van der Waals surface area contributed by atoms with Crippen molar-refractivity contribution >= 4 is 11.6 Å². The van der Waals surface area contributed by atoms with Crippen molar-refractivity contribution in [3.8, 4) is 11.5 Å². The average molecular weight is 334 g/mol. The van der Waals surface area contributed by atoms with E-state index in [0.29, 0.717) is 36.1 Å². The number of carbonyl (C=O) groups is 1. The predicted octanol–water partition coefficient (Wildman–Crippen LogP) is 1.75. The zero-order chi connectivity index (χ0) is 17.1. The summed E-state index contributed by atoms with van der Waals surface area (Å²) in [6, 6.07) is 11.0. The Bertz CT molecular complexity index is 1010. The lowest BCUT2D eigenvalue weighted by Gasteiger charge is -2.03. The Morgan fingerprint density at radius 2 is 2.08 bits per heavy atom. The number of rotatable bonds is 5. The Labute approximate surface area is 142 Å². The number of fused-ring (bicyclic) bond motifs is 1. The minimum atomic E-state index is -0.205. The van der Waals surface area contributed by atoms with Gasteiger partial charge in [0.05, 0.1) is 6.20 Å². The summed E-state index contributed by atoms with van der Waals surface area (Å²) in [6.07, 6.45) is 5.45. The van der Waals surface area contributed by atoms with Gasteiger partial charge in [0.1, 0.15) is 17.0 Å². The van der Waals surface area contributed by atoms with Crippen LogP contribution in [-0.4, -0.2) is 37.0 Å². The fourth-order valence-electron chi connectivity index (χ4n) is 2.43. The normalized spacial score (nSPS) is 10.9. The molecule has 0 spiro atoms. The fourth-order valence-corrected chi connectivity index (χ4v) is 2.43. The molecule has 124 valence electrons. The third-order valence-corrected chi connectivity index (χ3v) is 3.64. The van der Waals surface area contributed by atoms with Crippen LogP contribution in [0.2, 0.25) is 0 Å². The Hall–Kier alpha value is -3.55. The quantitative estimate of drug-likeness (QED) is 0.597. The summed E-state index contributed by atoms with van der Waals surface area (Å²) in [5, 5.41) is 6.73. The topological polar surface area (TPSA) is 98.2 Å². The molecule has 4 aromatic heterocycles. The van der Waals surface area contributed by atoms with Gasteiger partial charge in [-0.1, -0.05) is 17.3 Å². The van der Waals surface area contributed by atoms with E-state index in [1.165, 1.54) is 0 Å². The predicted molar refractivity (Wildman–Crippen MR) is 88.8 cm³/mol. The van der Waals surface area contributed by atoms with Crippen LogP contribution in [0.4, 0.5) is 0 Å². The highest BCUT2D eigenvalue weighted by Crippen LogP contribution is 2.12. The minimum absolute atomic E-state index is 0.205. The summed E-state index contributed by atoms with van der Waals surface area (Å²) in [7, 11) is 0. The van der Waals surface area contributed by atoms with Crippen molar-refractivity contribution in [2.75, 3.05) is 6.54 Å². The standard InChI is InChI=1S/C17H14N6O2/c24-17(13-11-20-14-6-2-4-10-23(13)14)19-9-7-15-21-16(22-25-15)12-5-1-3-8-18-12/h1-6,8,10-11H,7,9H2,(H,19,24). The Morgan fingerprint density at radius 1 is 1.16 bits per heavy atom. The van der Waals surface area contributed by atoms with Crippen LogP contribution in [0, 0.1) is 0 Å². The average Bonchev–Trinajstić information content (AvgIpc) is 3.29. The van der Waals surface area contributed by atoms with Crippen molar-refractivity contribution in [1.82, 2.24) is 29.8 Å². The molecule has 8 nitrogen and oxygen atoms in total. The van der Waals surface area contributed by atoms with Gasteiger partial charge in [-0.2, -0.15) is 4.98 Å². The van der Waals surface area contributed by atoms with Crippen molar-refractivity contribution < 1.29 is 9.32 Å². The molecule has 4 aromatic rings. The minimum Gasteiger partial charge on any atom is -0.350 e. The molecule has 4 heterocycles. The first kappa shape index (κ1) is 15.0. The van der Waals surface area contributed by atoms with Crippen LogP contribution >= 0.6 is 0 Å². The van der Waals surface area contributed by atoms with Crippen LogP contribution in [-0.2, 0) is 6.42 Å². The van der Waals surface area contributed by atoms with E-state index in [-0.39, 0.29) is 5.91 Å². The summed E-state index contributed by atoms with van der Waals surface area (Å²) in [6.45, 7) is 0.378. The second-order valence-electron chi connectivity index (χ2n) is 5.30. The van der Waals surface area contributed by atoms with Gasteiger partial charge < -0.3 is 9.84 Å². The van der Waals surface area contributed by atoms with Crippen molar-refractivity contribution in [2.45, 2.75) is 6.42 Å². The molecule has 0 radical (unpaired) electrons. The largest absolute Gasteiger partial charge is 0.350 e. The lowest BCUT2D eigenvalue weighted by Crippen LogP contribution is -2.26. The lowest BCUT2D eigenvalue weighted by molar-refractivity contribution is 0.0947. The van der Waals surface area contributed by atoms with Crippen LogP contribution < -0.4 is 5.32 Å². The van der Waals surface area contributed by atoms with E-state index in [1.54, 1.807) is 29.1 Å². The van der Waals surface area contributed by atoms with Gasteiger partial charge >= 0.3 is 0 Å². The number of carbonyl (C=O) groups excluding carboxylic acids is 1. The first-order valence-corrected chi connectivity index (χ1v) is 7.75. The maximum atomic E-state index is 12.3. The lowest BCUT2D eigenvalue weighted by atomic mass is 10.3. The van der Waals surface area contributed by atoms with Gasteiger partial charge in [-0.25, -0.2) is 4.98 Å². The van der Waals surface area contributed by atoms with Gasteiger partial charge in [0.15, 0.2) is 0 Å². The molecule has 0 unspecified atom stereocenters. The summed E-state index contributed by atoms with van der Waals surface area (Å²) >= 11 is 0. The maximum absolute atomic E-state index is 12.3. The Morgan fingerprint density at radius 3 is 2.96 bits per heavy atom. The van der Waals surface area contributed by atoms with E-state index in [1.807, 2.05) is 30.3 Å². The fraction of sp³-hybridized carbons (Fsp3) is 0.118. The van der Waals surface area contributed by atoms with Crippen molar-refractivity contribution in [1.29, 1.82) is 0 Å². The van der Waals surface area contributed by atoms with E-state index in [9.17, 15) is 4.79 Å². The molecule has 0 aliphatic carbocycles. The summed E-state index contributed by atoms with van der Waals surface area (Å²) in [4.78, 5) is 24.9. The van der Waals surface area contributed by atoms with E-state index in [4.69, 9.17) is 4.52 Å². The van der Waals surface area contributed by atoms with Crippen LogP contribution in [0.5, 0.6) is 0 Å². The van der Waals surface area contributed by atoms with Gasteiger partial charge in [-0.05, 0) is 24.3 Å². The molecule has 1 amide bonds. The molecule has 0 atom stereocenters. The van der Waals surface area contributed by atoms with Crippen molar-refractivity contribution in [3.63, 3.8) is 0 Å². The second-order valence-corrected chi connectivity index (χ2v) is 5.30. The van der Waals surface area contributed by atoms with Crippen LogP contribution in [0.15, 0.2) is 59.5 Å². The van der Waals surface area contributed by atoms with Crippen LogP contribution in [0.3, 0.4) is 0 Å². The first-order chi connectivity index (χ1) is 12.3. The molecule has 25 heavy (non-hydrogen) atoms. The highest BCUT2D eigenvalue weighted by atomic mass is 16.5. The highest BCUT2D eigenvalue weighted by molar-refractivity contribution is 5.93. The molecule has 0 aliphatic rings. The molecule has 4 rings (SSSR count). The zero-order valence-electron chi connectivity index (χ0n) is 13.2. The number of amides is 1. The summed E-state index contributed by atoms with van der Waals surface area (Å²) in [5.74, 6) is 0.672. The van der Waals surface area contributed by atoms with Crippen LogP contribution in [0.1, 0.15) is 16.4 Å². The molecule has 0 aliphatic heterocycles. The van der Waals surface area contributed by atoms with E-state index in [2.05, 4.69) is 25.4 Å². The molecule has 0 bridgehead atoms. The van der Waals surface area contributed by atoms with E-state index >= 15 is 0 Å². The molecule has 0 saturated heterocycles. The smallest absolute Gasteiger partial charge is 0.269 e. The van der Waals surface area contributed by atoms with Crippen LogP contribution in [0.25, 0.3) is 17.2 Å². The number of nitrogens with one attached hydrogen (secondary N) is 1. The number of aromatic nitrogens is 5. The number of nitrogens with zero attached hydrogens (tertiary/aromatic N) is 5. The molecular formula is C17H14N6O2. The van der Waals surface area contributed by atoms with Gasteiger partial charge in [0.2, 0.25) is 11.7 Å². The third kappa shape index (κ3) is 3.09. The zero-order valence-corrected chi connectivity index (χ0v) is 13.2. The summed E-state index contributed by atoms with van der Waals surface area (Å²) < 4.78 is 6.93. The summed E-state index contributed by atoms with van der Waals surface area (Å²) in [5.41, 5.74) is 1.85. The SMILES string of the molecule is O=C(NCCc1nc(-c2ccccn2)no1)c1cnc2ccccn12. The Balaban J connectivity index is 1.38. The monoisotopic (exact) mass is 334 g/mol. The van der Waals surface area contributed by atoms with Crippen molar-refractivity contribution in [2.24, 2.45) is 0 Å². The maximum Gasteiger partial charge on any atom is 0.269 e. The van der Waals surface area contributed by atoms with E-state index in [0.717, 1.165) is 5.65 Å². The molecule has 8 heteroatoms. The van der Waals surface area contributed by atoms with Gasteiger partial charge in [-0.15, -0.1) is 0 Å². The number of hydrogen-bond acceptors (Lipinski definition) is 6. The molecule has 0 fully saturated rings. The molecule has 0 saturated carbocycles. The van der Waals surface area contributed by atoms with Gasteiger partial charge in [-0.3, -0.25) is 14.2 Å². The molecular weight excluding hydrogens is 320 g/mol. The second kappa shape index (κ2) is 6.52. The number of pyridine rings is 2. The third-order valence-electron chi connectivity index (χ3n) is 3.64. The molecule has 0 aromatic carbocycles. The highest BCUT2D eigenvalue weighted by Gasteiger charge is 2.13. The first-order valence-electron chi connectivity index (χ1n) is 7.75. The van der Waals surface area contributed by atoms with E-state index < -0.39 is 0 Å². The van der Waals surface area contributed by atoms with Gasteiger partial charge in [0.25, 0.3) is 5.91 Å².